The van der Waals surface area contributed by atoms with E-state index in [1.165, 1.54) is 4.68 Å². The van der Waals surface area contributed by atoms with Crippen LogP contribution in [0.15, 0.2) is 18.2 Å². The van der Waals surface area contributed by atoms with E-state index in [1.54, 1.807) is 18.2 Å². The molecule has 1 heterocycles. The van der Waals surface area contributed by atoms with E-state index in [4.69, 9.17) is 39.9 Å². The number of hydrogen-bond acceptors (Lipinski definition) is 2. The molecule has 0 aliphatic carbocycles. The molecule has 0 unspecified atom stereocenters. The van der Waals surface area contributed by atoms with E-state index >= 15 is 0 Å². The van der Waals surface area contributed by atoms with Crippen LogP contribution in [0.1, 0.15) is 23.0 Å². The van der Waals surface area contributed by atoms with Crippen LogP contribution in [0.25, 0.3) is 5.69 Å². The molecule has 0 radical (unpaired) electrons. The van der Waals surface area contributed by atoms with E-state index in [0.717, 1.165) is 0 Å². The maximum absolute atomic E-state index is 11.2. The fourth-order valence-corrected chi connectivity index (χ4v) is 2.30. The summed E-state index contributed by atoms with van der Waals surface area (Å²) in [4.78, 5) is 11.2. The lowest BCUT2D eigenvalue weighted by atomic mass is 10.2. The van der Waals surface area contributed by atoms with Crippen LogP contribution >= 0.6 is 34.8 Å². The highest BCUT2D eigenvalue weighted by atomic mass is 35.5. The third-order valence-corrected chi connectivity index (χ3v) is 3.69. The van der Waals surface area contributed by atoms with E-state index < -0.39 is 5.97 Å². The van der Waals surface area contributed by atoms with Crippen molar-refractivity contribution in [1.29, 1.82) is 0 Å². The van der Waals surface area contributed by atoms with E-state index in [9.17, 15) is 4.79 Å². The number of nitrogens with zero attached hydrogens (tertiary/aromatic N) is 2. The SMILES string of the molecule is CCc1nn(-c2ccc(Cl)c(Cl)c2)c(Cl)c1C(=O)O. The van der Waals surface area contributed by atoms with Gasteiger partial charge in [0.15, 0.2) is 0 Å². The number of aryl methyl sites for hydroxylation is 1. The van der Waals surface area contributed by atoms with Gasteiger partial charge in [-0.3, -0.25) is 0 Å². The first-order valence-corrected chi connectivity index (χ1v) is 6.55. The van der Waals surface area contributed by atoms with Gasteiger partial charge in [-0.25, -0.2) is 9.48 Å². The minimum Gasteiger partial charge on any atom is -0.478 e. The Hall–Kier alpha value is -1.23. The lowest BCUT2D eigenvalue weighted by molar-refractivity contribution is 0.0696. The number of halogens is 3. The molecule has 2 aromatic rings. The predicted molar refractivity (Wildman–Crippen MR) is 74.9 cm³/mol. The molecule has 1 aromatic heterocycles. The minimum atomic E-state index is -1.10. The number of hydrogen-bond donors (Lipinski definition) is 1. The van der Waals surface area contributed by atoms with Crippen LogP contribution in [0.4, 0.5) is 0 Å². The second-order valence-corrected chi connectivity index (χ2v) is 4.95. The molecule has 0 aliphatic rings. The minimum absolute atomic E-state index is 0.00948. The van der Waals surface area contributed by atoms with Crippen LogP contribution in [0.5, 0.6) is 0 Å². The Morgan fingerprint density at radius 1 is 1.32 bits per heavy atom. The molecule has 0 saturated heterocycles. The molecule has 19 heavy (non-hydrogen) atoms. The smallest absolute Gasteiger partial charge is 0.340 e. The zero-order chi connectivity index (χ0) is 14.2. The number of rotatable bonds is 3. The number of aromatic nitrogens is 2. The highest BCUT2D eigenvalue weighted by molar-refractivity contribution is 6.42. The average Bonchev–Trinajstić information content (AvgIpc) is 2.70. The van der Waals surface area contributed by atoms with Crippen molar-refractivity contribution in [2.75, 3.05) is 0 Å². The van der Waals surface area contributed by atoms with Gasteiger partial charge in [-0.05, 0) is 24.6 Å². The van der Waals surface area contributed by atoms with Crippen molar-refractivity contribution >= 4 is 40.8 Å². The first kappa shape index (κ1) is 14.2. The van der Waals surface area contributed by atoms with Gasteiger partial charge in [0.2, 0.25) is 0 Å². The second-order valence-electron chi connectivity index (χ2n) is 3.78. The van der Waals surface area contributed by atoms with Crippen LogP contribution in [0, 0.1) is 0 Å². The lowest BCUT2D eigenvalue weighted by Crippen LogP contribution is -2.00. The number of carbonyl (C=O) groups is 1. The van der Waals surface area contributed by atoms with Crippen molar-refractivity contribution in [3.63, 3.8) is 0 Å². The summed E-state index contributed by atoms with van der Waals surface area (Å²) in [7, 11) is 0. The van der Waals surface area contributed by atoms with E-state index in [0.29, 0.717) is 27.8 Å². The highest BCUT2D eigenvalue weighted by Gasteiger charge is 2.22. The first-order valence-electron chi connectivity index (χ1n) is 5.41. The monoisotopic (exact) mass is 318 g/mol. The number of aromatic carboxylic acids is 1. The third kappa shape index (κ3) is 2.56. The molecular weight excluding hydrogens is 311 g/mol. The molecule has 0 aliphatic heterocycles. The van der Waals surface area contributed by atoms with Gasteiger partial charge in [0.05, 0.1) is 21.4 Å². The Kier molecular flexibility index (Phi) is 4.04. The maximum atomic E-state index is 11.2. The summed E-state index contributed by atoms with van der Waals surface area (Å²) in [6.07, 6.45) is 0.468. The molecule has 7 heteroatoms. The highest BCUT2D eigenvalue weighted by Crippen LogP contribution is 2.28. The van der Waals surface area contributed by atoms with Gasteiger partial charge in [-0.1, -0.05) is 41.7 Å². The van der Waals surface area contributed by atoms with Crippen LogP contribution in [0.3, 0.4) is 0 Å². The summed E-state index contributed by atoms with van der Waals surface area (Å²) in [6.45, 7) is 1.81. The van der Waals surface area contributed by atoms with Gasteiger partial charge in [0.25, 0.3) is 0 Å². The zero-order valence-corrected chi connectivity index (χ0v) is 12.1. The first-order chi connectivity index (χ1) is 8.95. The van der Waals surface area contributed by atoms with Crippen molar-refractivity contribution in [3.8, 4) is 5.69 Å². The van der Waals surface area contributed by atoms with E-state index in [-0.39, 0.29) is 10.7 Å². The van der Waals surface area contributed by atoms with Gasteiger partial charge >= 0.3 is 5.97 Å². The fourth-order valence-electron chi connectivity index (χ4n) is 1.69. The molecule has 0 atom stereocenters. The van der Waals surface area contributed by atoms with E-state index in [2.05, 4.69) is 5.10 Å². The van der Waals surface area contributed by atoms with Crippen LogP contribution < -0.4 is 0 Å². The van der Waals surface area contributed by atoms with Crippen LogP contribution in [0.2, 0.25) is 15.2 Å². The quantitative estimate of drug-likeness (QED) is 0.927. The van der Waals surface area contributed by atoms with Crippen LogP contribution in [-0.4, -0.2) is 20.9 Å². The molecule has 1 aromatic carbocycles. The number of carboxylic acids is 1. The summed E-state index contributed by atoms with van der Waals surface area (Å²) in [5, 5.41) is 14.1. The van der Waals surface area contributed by atoms with Crippen molar-refractivity contribution in [2.45, 2.75) is 13.3 Å². The Morgan fingerprint density at radius 3 is 2.47 bits per heavy atom. The van der Waals surface area contributed by atoms with Crippen molar-refractivity contribution in [1.82, 2.24) is 9.78 Å². The Morgan fingerprint density at radius 2 is 2.00 bits per heavy atom. The molecule has 0 fully saturated rings. The van der Waals surface area contributed by atoms with Crippen molar-refractivity contribution in [3.05, 3.63) is 44.7 Å². The number of carboxylic acid groups (broad SMARTS) is 1. The normalized spacial score (nSPS) is 10.7. The molecular formula is C12H9Cl3N2O2. The molecule has 0 saturated carbocycles. The molecule has 1 N–H and O–H groups in total. The third-order valence-electron chi connectivity index (χ3n) is 2.60. The lowest BCUT2D eigenvalue weighted by Gasteiger charge is -2.04. The summed E-state index contributed by atoms with van der Waals surface area (Å²) >= 11 is 17.8. The van der Waals surface area contributed by atoms with Gasteiger partial charge in [-0.15, -0.1) is 0 Å². The van der Waals surface area contributed by atoms with Gasteiger partial charge in [0, 0.05) is 0 Å². The standard InChI is InChI=1S/C12H9Cl3N2O2/c1-2-9-10(12(18)19)11(15)17(16-9)6-3-4-7(13)8(14)5-6/h3-5H,2H2,1H3,(H,18,19). The topological polar surface area (TPSA) is 55.1 Å². The maximum Gasteiger partial charge on any atom is 0.340 e. The van der Waals surface area contributed by atoms with E-state index in [1.807, 2.05) is 6.92 Å². The fraction of sp³-hybridized carbons (Fsp3) is 0.167. The second kappa shape index (κ2) is 5.41. The Bertz CT molecular complexity index is 653. The summed E-state index contributed by atoms with van der Waals surface area (Å²) in [5.41, 5.74) is 0.986. The van der Waals surface area contributed by atoms with Gasteiger partial charge in [0.1, 0.15) is 10.7 Å². The van der Waals surface area contributed by atoms with Gasteiger partial charge in [-0.2, -0.15) is 5.10 Å². The largest absolute Gasteiger partial charge is 0.478 e. The number of benzene rings is 1. The molecule has 4 nitrogen and oxygen atoms in total. The zero-order valence-electron chi connectivity index (χ0n) is 9.82. The molecule has 2 rings (SSSR count). The molecule has 0 bridgehead atoms. The predicted octanol–water partition coefficient (Wildman–Crippen LogP) is 4.09. The molecule has 100 valence electrons. The summed E-state index contributed by atoms with van der Waals surface area (Å²) < 4.78 is 1.34. The molecule has 0 spiro atoms. The summed E-state index contributed by atoms with van der Waals surface area (Å²) in [5.74, 6) is -1.10. The Labute approximate surface area is 124 Å². The average molecular weight is 320 g/mol. The summed E-state index contributed by atoms with van der Waals surface area (Å²) in [6, 6.07) is 4.84. The molecule has 0 amide bonds. The van der Waals surface area contributed by atoms with Crippen molar-refractivity contribution in [2.24, 2.45) is 0 Å². The van der Waals surface area contributed by atoms with Gasteiger partial charge < -0.3 is 5.11 Å². The van der Waals surface area contributed by atoms with Crippen molar-refractivity contribution < 1.29 is 9.90 Å². The Balaban J connectivity index is 2.62. The van der Waals surface area contributed by atoms with Crippen LogP contribution in [-0.2, 0) is 6.42 Å².